The lowest BCUT2D eigenvalue weighted by Crippen LogP contribution is -1.90. The number of benzene rings is 11. The second-order valence-electron chi connectivity index (χ2n) is 14.7. The molecule has 0 aliphatic heterocycles. The molecule has 0 amide bonds. The van der Waals surface area contributed by atoms with E-state index in [2.05, 4.69) is 194 Å². The third-order valence-corrected chi connectivity index (χ3v) is 11.8. The van der Waals surface area contributed by atoms with Gasteiger partial charge in [-0.1, -0.05) is 170 Å². The van der Waals surface area contributed by atoms with Crippen LogP contribution < -0.4 is 0 Å². The van der Waals surface area contributed by atoms with Crippen molar-refractivity contribution >= 4 is 86.6 Å². The molecule has 55 heavy (non-hydrogen) atoms. The monoisotopic (exact) mass is 696 g/mol. The summed E-state index contributed by atoms with van der Waals surface area (Å²) in [6.07, 6.45) is 0. The van der Waals surface area contributed by atoms with Crippen molar-refractivity contribution in [1.82, 2.24) is 0 Å². The molecule has 0 radical (unpaired) electrons. The lowest BCUT2D eigenvalue weighted by molar-refractivity contribution is 0.677. The Morgan fingerprint density at radius 2 is 0.636 bits per heavy atom. The molecule has 1 nitrogen and oxygen atoms in total. The predicted molar refractivity (Wildman–Crippen MR) is 235 cm³/mol. The topological polar surface area (TPSA) is 13.1 Å². The first-order valence-corrected chi connectivity index (χ1v) is 19.0. The molecule has 0 aliphatic rings. The van der Waals surface area contributed by atoms with E-state index in [-0.39, 0.29) is 0 Å². The van der Waals surface area contributed by atoms with Crippen LogP contribution in [0, 0.1) is 0 Å². The van der Waals surface area contributed by atoms with Crippen LogP contribution in [-0.4, -0.2) is 0 Å². The number of rotatable bonds is 3. The first-order chi connectivity index (χ1) is 27.3. The predicted octanol–water partition coefficient (Wildman–Crippen LogP) is 15.5. The highest BCUT2D eigenvalue weighted by Gasteiger charge is 2.19. The van der Waals surface area contributed by atoms with Gasteiger partial charge < -0.3 is 4.42 Å². The van der Waals surface area contributed by atoms with Gasteiger partial charge in [-0.3, -0.25) is 0 Å². The first kappa shape index (κ1) is 30.3. The fourth-order valence-electron chi connectivity index (χ4n) is 9.37. The molecule has 0 bridgehead atoms. The lowest BCUT2D eigenvalue weighted by Gasteiger charge is -2.18. The van der Waals surface area contributed by atoms with Crippen LogP contribution in [0.2, 0.25) is 0 Å². The third-order valence-electron chi connectivity index (χ3n) is 11.8. The Morgan fingerprint density at radius 3 is 1.25 bits per heavy atom. The molecule has 0 aliphatic carbocycles. The van der Waals surface area contributed by atoms with Crippen molar-refractivity contribution in [1.29, 1.82) is 0 Å². The highest BCUT2D eigenvalue weighted by molar-refractivity contribution is 6.33. The van der Waals surface area contributed by atoms with E-state index in [1.54, 1.807) is 0 Å². The minimum Gasteiger partial charge on any atom is -0.455 e. The molecular formula is C54H32O. The highest BCUT2D eigenvalue weighted by Crippen LogP contribution is 2.45. The maximum Gasteiger partial charge on any atom is 0.143 e. The molecule has 1 aromatic heterocycles. The number of furan rings is 1. The van der Waals surface area contributed by atoms with E-state index < -0.39 is 0 Å². The second kappa shape index (κ2) is 11.6. The van der Waals surface area contributed by atoms with E-state index in [1.807, 2.05) is 0 Å². The van der Waals surface area contributed by atoms with Crippen LogP contribution in [0.15, 0.2) is 199 Å². The van der Waals surface area contributed by atoms with E-state index in [4.69, 9.17) is 4.42 Å². The van der Waals surface area contributed by atoms with Gasteiger partial charge in [0.2, 0.25) is 0 Å². The maximum absolute atomic E-state index is 6.95. The van der Waals surface area contributed by atoms with Gasteiger partial charge in [0.25, 0.3) is 0 Å². The molecule has 0 N–H and O–H groups in total. The van der Waals surface area contributed by atoms with Crippen LogP contribution in [0.3, 0.4) is 0 Å². The summed E-state index contributed by atoms with van der Waals surface area (Å²) in [4.78, 5) is 0. The van der Waals surface area contributed by atoms with E-state index >= 15 is 0 Å². The van der Waals surface area contributed by atoms with Crippen molar-refractivity contribution in [3.8, 4) is 33.4 Å². The maximum atomic E-state index is 6.95. The van der Waals surface area contributed by atoms with E-state index in [1.165, 1.54) is 92.6 Å². The van der Waals surface area contributed by atoms with Crippen LogP contribution in [0.5, 0.6) is 0 Å². The zero-order chi connectivity index (χ0) is 36.0. The normalized spacial score (nSPS) is 12.0. The van der Waals surface area contributed by atoms with Crippen molar-refractivity contribution in [2.24, 2.45) is 0 Å². The molecule has 0 spiro atoms. The molecule has 0 unspecified atom stereocenters. The molecule has 254 valence electrons. The largest absolute Gasteiger partial charge is 0.455 e. The first-order valence-electron chi connectivity index (χ1n) is 19.0. The second-order valence-corrected chi connectivity index (χ2v) is 14.7. The minimum absolute atomic E-state index is 0.942. The molecule has 0 fully saturated rings. The zero-order valence-electron chi connectivity index (χ0n) is 29.9. The number of hydrogen-bond acceptors (Lipinski definition) is 1. The van der Waals surface area contributed by atoms with E-state index in [0.717, 1.165) is 27.3 Å². The van der Waals surface area contributed by atoms with Gasteiger partial charge in [0.15, 0.2) is 0 Å². The summed E-state index contributed by atoms with van der Waals surface area (Å²) < 4.78 is 6.95. The molecule has 0 saturated carbocycles. The number of hydrogen-bond donors (Lipinski definition) is 0. The summed E-state index contributed by atoms with van der Waals surface area (Å²) in [5.41, 5.74) is 9.29. The summed E-state index contributed by atoms with van der Waals surface area (Å²) in [7, 11) is 0. The van der Waals surface area contributed by atoms with Gasteiger partial charge in [-0.15, -0.1) is 0 Å². The van der Waals surface area contributed by atoms with Gasteiger partial charge in [-0.05, 0) is 112 Å². The molecule has 0 saturated heterocycles. The average Bonchev–Trinajstić information content (AvgIpc) is 3.65. The van der Waals surface area contributed by atoms with Crippen LogP contribution in [0.1, 0.15) is 0 Å². The quantitative estimate of drug-likeness (QED) is 0.132. The Labute approximate surface area is 317 Å². The number of fused-ring (bicyclic) bond motifs is 14. The van der Waals surface area contributed by atoms with Crippen LogP contribution in [0.4, 0.5) is 0 Å². The summed E-state index contributed by atoms with van der Waals surface area (Å²) in [5.74, 6) is 0. The molecule has 1 heteroatoms. The third kappa shape index (κ3) is 4.41. The molecule has 1 heterocycles. The molecular weight excluding hydrogens is 665 g/mol. The molecule has 12 aromatic rings. The molecule has 11 aromatic carbocycles. The fourth-order valence-corrected chi connectivity index (χ4v) is 9.37. The van der Waals surface area contributed by atoms with Crippen LogP contribution in [0.25, 0.3) is 120 Å². The Bertz CT molecular complexity index is 3420. The highest BCUT2D eigenvalue weighted by atomic mass is 16.3. The van der Waals surface area contributed by atoms with E-state index in [9.17, 15) is 0 Å². The summed E-state index contributed by atoms with van der Waals surface area (Å²) in [6.45, 7) is 0. The lowest BCUT2D eigenvalue weighted by atomic mass is 9.85. The molecule has 12 rings (SSSR count). The minimum atomic E-state index is 0.942. The summed E-state index contributed by atoms with van der Waals surface area (Å²) in [6, 6.07) is 70.8. The van der Waals surface area contributed by atoms with Gasteiger partial charge in [0.1, 0.15) is 11.2 Å². The van der Waals surface area contributed by atoms with Crippen molar-refractivity contribution in [3.63, 3.8) is 0 Å². The van der Waals surface area contributed by atoms with Gasteiger partial charge in [-0.25, -0.2) is 0 Å². The summed E-state index contributed by atoms with van der Waals surface area (Å²) in [5, 5.41) is 17.1. The van der Waals surface area contributed by atoms with Crippen LogP contribution >= 0.6 is 0 Å². The van der Waals surface area contributed by atoms with Gasteiger partial charge in [0, 0.05) is 21.5 Å². The average molecular weight is 697 g/mol. The Balaban J connectivity index is 0.995. The van der Waals surface area contributed by atoms with Crippen LogP contribution in [-0.2, 0) is 0 Å². The SMILES string of the molecule is c1ccc(-c2c3ccccc3c(-c3ccc(-c4ccc5c(ccc6c7ccc8c9ccccc9c9ccccc9c8c7oc56)c4)cc3)c3ccccc23)cc1. The fraction of sp³-hybridized carbons (Fsp3) is 0. The van der Waals surface area contributed by atoms with Gasteiger partial charge >= 0.3 is 0 Å². The Hall–Kier alpha value is -7.22. The van der Waals surface area contributed by atoms with Gasteiger partial charge in [0.05, 0.1) is 0 Å². The standard InChI is InChI=1S/C54H32O/c1-2-12-34(13-3-1)50-43-18-8-10-20-45(43)51(46-21-11-9-19-44(46)50)35-24-22-33(23-25-35)36-26-28-38-37(32-36)27-29-48-49-31-30-47-41-16-5-4-14-39(41)40-15-6-7-17-42(40)52(47)54(49)55-53(38)48/h1-32H. The van der Waals surface area contributed by atoms with Crippen molar-refractivity contribution < 1.29 is 4.42 Å². The van der Waals surface area contributed by atoms with Crippen molar-refractivity contribution in [2.75, 3.05) is 0 Å². The summed E-state index contributed by atoms with van der Waals surface area (Å²) >= 11 is 0. The zero-order valence-corrected chi connectivity index (χ0v) is 29.9. The van der Waals surface area contributed by atoms with E-state index in [0.29, 0.717) is 0 Å². The van der Waals surface area contributed by atoms with Gasteiger partial charge in [-0.2, -0.15) is 0 Å². The Morgan fingerprint density at radius 1 is 0.236 bits per heavy atom. The smallest absolute Gasteiger partial charge is 0.143 e. The Kier molecular flexibility index (Phi) is 6.40. The molecule has 0 atom stereocenters. The van der Waals surface area contributed by atoms with Crippen molar-refractivity contribution in [2.45, 2.75) is 0 Å². The van der Waals surface area contributed by atoms with Crippen molar-refractivity contribution in [3.05, 3.63) is 194 Å².